The SMILES string of the molecule is Cc1cc(NC(=O)c2csc(CCN)n2)cc(C)c1Br.Cl. The Hall–Kier alpha value is -0.950. The van der Waals surface area contributed by atoms with Gasteiger partial charge >= 0.3 is 0 Å². The molecule has 0 aliphatic heterocycles. The molecule has 1 amide bonds. The number of aromatic nitrogens is 1. The van der Waals surface area contributed by atoms with E-state index in [0.717, 1.165) is 26.3 Å². The van der Waals surface area contributed by atoms with Crippen LogP contribution in [0.3, 0.4) is 0 Å². The lowest BCUT2D eigenvalue weighted by atomic mass is 10.1. The molecule has 0 aliphatic rings. The molecule has 1 aromatic carbocycles. The quantitative estimate of drug-likeness (QED) is 0.836. The van der Waals surface area contributed by atoms with Gasteiger partial charge in [-0.1, -0.05) is 15.9 Å². The Morgan fingerprint density at radius 3 is 2.57 bits per heavy atom. The molecular formula is C14H17BrClN3OS. The number of nitrogens with zero attached hydrogens (tertiary/aromatic N) is 1. The molecule has 0 spiro atoms. The van der Waals surface area contributed by atoms with Crippen LogP contribution in [0.25, 0.3) is 0 Å². The van der Waals surface area contributed by atoms with Gasteiger partial charge in [0.1, 0.15) is 5.69 Å². The van der Waals surface area contributed by atoms with Crippen LogP contribution in [-0.4, -0.2) is 17.4 Å². The molecule has 0 atom stereocenters. The van der Waals surface area contributed by atoms with E-state index in [1.165, 1.54) is 11.3 Å². The fraction of sp³-hybridized carbons (Fsp3) is 0.286. The normalized spacial score (nSPS) is 10.1. The molecule has 0 unspecified atom stereocenters. The Balaban J connectivity index is 0.00000220. The van der Waals surface area contributed by atoms with Gasteiger partial charge in [0, 0.05) is 22.0 Å². The molecule has 21 heavy (non-hydrogen) atoms. The first-order chi connectivity index (χ1) is 9.51. The highest BCUT2D eigenvalue weighted by atomic mass is 79.9. The number of carbonyl (C=O) groups is 1. The second-order valence-electron chi connectivity index (χ2n) is 4.54. The van der Waals surface area contributed by atoms with Crippen molar-refractivity contribution in [3.8, 4) is 0 Å². The number of nitrogens with one attached hydrogen (secondary N) is 1. The van der Waals surface area contributed by atoms with Crippen molar-refractivity contribution >= 4 is 51.3 Å². The minimum Gasteiger partial charge on any atom is -0.330 e. The number of hydrogen-bond acceptors (Lipinski definition) is 4. The summed E-state index contributed by atoms with van der Waals surface area (Å²) in [5, 5.41) is 5.53. The Bertz CT molecular complexity index is 622. The summed E-state index contributed by atoms with van der Waals surface area (Å²) in [6.07, 6.45) is 0.703. The van der Waals surface area contributed by atoms with Crippen molar-refractivity contribution in [1.29, 1.82) is 0 Å². The summed E-state index contributed by atoms with van der Waals surface area (Å²) >= 11 is 4.97. The maximum Gasteiger partial charge on any atom is 0.275 e. The van der Waals surface area contributed by atoms with E-state index < -0.39 is 0 Å². The maximum atomic E-state index is 12.1. The van der Waals surface area contributed by atoms with Gasteiger partial charge in [0.2, 0.25) is 0 Å². The number of anilines is 1. The third kappa shape index (κ3) is 4.51. The second kappa shape index (κ2) is 7.89. The summed E-state index contributed by atoms with van der Waals surface area (Å²) in [6, 6.07) is 3.87. The number of thiazole rings is 1. The van der Waals surface area contributed by atoms with E-state index in [1.807, 2.05) is 26.0 Å². The standard InChI is InChI=1S/C14H16BrN3OS.ClH/c1-8-5-10(6-9(2)13(8)15)17-14(19)11-7-20-12(18-11)3-4-16;/h5-7H,3-4,16H2,1-2H3,(H,17,19);1H. The molecule has 3 N–H and O–H groups in total. The van der Waals surface area contributed by atoms with Crippen LogP contribution in [0.4, 0.5) is 5.69 Å². The Morgan fingerprint density at radius 1 is 1.38 bits per heavy atom. The number of carbonyl (C=O) groups excluding carboxylic acids is 1. The van der Waals surface area contributed by atoms with E-state index in [2.05, 4.69) is 26.2 Å². The zero-order chi connectivity index (χ0) is 14.7. The summed E-state index contributed by atoms with van der Waals surface area (Å²) in [5.74, 6) is -0.189. The van der Waals surface area contributed by atoms with Gasteiger partial charge in [-0.15, -0.1) is 23.7 Å². The zero-order valence-electron chi connectivity index (χ0n) is 11.8. The summed E-state index contributed by atoms with van der Waals surface area (Å²) in [4.78, 5) is 16.4. The first kappa shape index (κ1) is 18.1. The molecule has 0 aliphatic carbocycles. The molecule has 0 fully saturated rings. The summed E-state index contributed by atoms with van der Waals surface area (Å²) in [6.45, 7) is 4.53. The van der Waals surface area contributed by atoms with Crippen molar-refractivity contribution in [2.24, 2.45) is 5.73 Å². The van der Waals surface area contributed by atoms with E-state index in [4.69, 9.17) is 5.73 Å². The van der Waals surface area contributed by atoms with Crippen molar-refractivity contribution in [2.75, 3.05) is 11.9 Å². The average Bonchev–Trinajstić information content (AvgIpc) is 2.85. The van der Waals surface area contributed by atoms with E-state index in [9.17, 15) is 4.79 Å². The molecule has 0 saturated carbocycles. The van der Waals surface area contributed by atoms with Crippen LogP contribution in [0.15, 0.2) is 22.0 Å². The molecule has 0 saturated heterocycles. The van der Waals surface area contributed by atoms with E-state index in [-0.39, 0.29) is 18.3 Å². The monoisotopic (exact) mass is 389 g/mol. The van der Waals surface area contributed by atoms with E-state index >= 15 is 0 Å². The first-order valence-electron chi connectivity index (χ1n) is 6.24. The van der Waals surface area contributed by atoms with Gasteiger partial charge < -0.3 is 11.1 Å². The predicted molar refractivity (Wildman–Crippen MR) is 93.7 cm³/mol. The Kier molecular flexibility index (Phi) is 6.80. The highest BCUT2D eigenvalue weighted by Gasteiger charge is 2.12. The number of hydrogen-bond donors (Lipinski definition) is 2. The molecule has 0 radical (unpaired) electrons. The van der Waals surface area contributed by atoms with Gasteiger partial charge in [0.05, 0.1) is 5.01 Å². The highest BCUT2D eigenvalue weighted by Crippen LogP contribution is 2.25. The minimum absolute atomic E-state index is 0. The van der Waals surface area contributed by atoms with E-state index in [1.54, 1.807) is 5.38 Å². The van der Waals surface area contributed by atoms with Crippen LogP contribution in [0, 0.1) is 13.8 Å². The fourth-order valence-electron chi connectivity index (χ4n) is 1.87. The molecule has 2 rings (SSSR count). The smallest absolute Gasteiger partial charge is 0.275 e. The predicted octanol–water partition coefficient (Wildman–Crippen LogP) is 3.70. The first-order valence-corrected chi connectivity index (χ1v) is 7.91. The molecular weight excluding hydrogens is 374 g/mol. The Labute approximate surface area is 142 Å². The van der Waals surface area contributed by atoms with Crippen molar-refractivity contribution < 1.29 is 4.79 Å². The van der Waals surface area contributed by atoms with Gasteiger partial charge in [-0.3, -0.25) is 4.79 Å². The fourth-order valence-corrected chi connectivity index (χ4v) is 2.89. The van der Waals surface area contributed by atoms with Gasteiger partial charge in [0.15, 0.2) is 0 Å². The third-order valence-corrected chi connectivity index (χ3v) is 5.00. The maximum absolute atomic E-state index is 12.1. The number of rotatable bonds is 4. The number of nitrogens with two attached hydrogens (primary N) is 1. The number of amides is 1. The molecule has 114 valence electrons. The van der Waals surface area contributed by atoms with Crippen molar-refractivity contribution in [2.45, 2.75) is 20.3 Å². The third-order valence-electron chi connectivity index (χ3n) is 2.84. The van der Waals surface area contributed by atoms with Crippen molar-refractivity contribution in [1.82, 2.24) is 4.98 Å². The number of halogens is 2. The summed E-state index contributed by atoms with van der Waals surface area (Å²) < 4.78 is 1.06. The lowest BCUT2D eigenvalue weighted by Crippen LogP contribution is -2.13. The van der Waals surface area contributed by atoms with Crippen LogP contribution >= 0.6 is 39.7 Å². The van der Waals surface area contributed by atoms with Crippen molar-refractivity contribution in [3.05, 3.63) is 43.8 Å². The van der Waals surface area contributed by atoms with Gasteiger partial charge in [-0.05, 0) is 43.7 Å². The van der Waals surface area contributed by atoms with Gasteiger partial charge in [-0.25, -0.2) is 4.98 Å². The van der Waals surface area contributed by atoms with Gasteiger partial charge in [0.25, 0.3) is 5.91 Å². The van der Waals surface area contributed by atoms with E-state index in [0.29, 0.717) is 18.7 Å². The lowest BCUT2D eigenvalue weighted by Gasteiger charge is -2.08. The molecule has 0 bridgehead atoms. The van der Waals surface area contributed by atoms with Crippen molar-refractivity contribution in [3.63, 3.8) is 0 Å². The molecule has 7 heteroatoms. The van der Waals surface area contributed by atoms with Crippen LogP contribution in [0.1, 0.15) is 26.6 Å². The van der Waals surface area contributed by atoms with Crippen LogP contribution in [0.5, 0.6) is 0 Å². The zero-order valence-corrected chi connectivity index (χ0v) is 15.0. The topological polar surface area (TPSA) is 68.0 Å². The Morgan fingerprint density at radius 2 is 2.00 bits per heavy atom. The van der Waals surface area contributed by atoms with Crippen LogP contribution < -0.4 is 11.1 Å². The molecule has 4 nitrogen and oxygen atoms in total. The van der Waals surface area contributed by atoms with Gasteiger partial charge in [-0.2, -0.15) is 0 Å². The van der Waals surface area contributed by atoms with Crippen LogP contribution in [-0.2, 0) is 6.42 Å². The summed E-state index contributed by atoms with van der Waals surface area (Å²) in [7, 11) is 0. The minimum atomic E-state index is -0.189. The number of benzene rings is 1. The number of aryl methyl sites for hydroxylation is 2. The molecule has 1 heterocycles. The molecule has 2 aromatic rings. The molecule has 1 aromatic heterocycles. The largest absolute Gasteiger partial charge is 0.330 e. The lowest BCUT2D eigenvalue weighted by molar-refractivity contribution is 0.102. The highest BCUT2D eigenvalue weighted by molar-refractivity contribution is 9.10. The average molecular weight is 391 g/mol. The van der Waals surface area contributed by atoms with Crippen LogP contribution in [0.2, 0.25) is 0 Å². The summed E-state index contributed by atoms with van der Waals surface area (Å²) in [5.41, 5.74) is 8.87. The second-order valence-corrected chi connectivity index (χ2v) is 6.28.